The van der Waals surface area contributed by atoms with Crippen molar-refractivity contribution in [1.29, 1.82) is 0 Å². The Labute approximate surface area is 187 Å². The Bertz CT molecular complexity index is 1090. The average Bonchev–Trinajstić information content (AvgIpc) is 3.13. The minimum atomic E-state index is -0.255. The number of esters is 1. The number of benzene rings is 3. The summed E-state index contributed by atoms with van der Waals surface area (Å²) in [5, 5.41) is 0.491. The van der Waals surface area contributed by atoms with E-state index in [4.69, 9.17) is 16.3 Å². The topological polar surface area (TPSA) is 46.6 Å². The molecular weight excluding hydrogens is 410 g/mol. The molecule has 4 rings (SSSR count). The SMILES string of the molecule is CCOC(=O)Cc1ccc(N2Cc3c(CCc4ccccc4)ccc(Cl)c3C2=O)cc1. The van der Waals surface area contributed by atoms with E-state index in [1.807, 2.05) is 54.6 Å². The van der Waals surface area contributed by atoms with Crippen LogP contribution in [-0.4, -0.2) is 18.5 Å². The molecule has 0 aliphatic carbocycles. The highest BCUT2D eigenvalue weighted by Crippen LogP contribution is 2.35. The summed E-state index contributed by atoms with van der Waals surface area (Å²) >= 11 is 6.42. The first kappa shape index (κ1) is 21.1. The molecule has 0 atom stereocenters. The Morgan fingerprint density at radius 3 is 2.42 bits per heavy atom. The second-order valence-corrected chi connectivity index (χ2v) is 7.99. The molecule has 4 nitrogen and oxygen atoms in total. The third-order valence-corrected chi connectivity index (χ3v) is 5.88. The number of carbonyl (C=O) groups is 2. The Kier molecular flexibility index (Phi) is 6.38. The molecule has 0 unspecified atom stereocenters. The molecule has 0 radical (unpaired) electrons. The Balaban J connectivity index is 1.53. The van der Waals surface area contributed by atoms with E-state index in [1.165, 1.54) is 5.56 Å². The molecule has 0 spiro atoms. The first-order valence-electron chi connectivity index (χ1n) is 10.5. The van der Waals surface area contributed by atoms with Gasteiger partial charge >= 0.3 is 5.97 Å². The van der Waals surface area contributed by atoms with E-state index < -0.39 is 0 Å². The molecule has 1 aliphatic heterocycles. The van der Waals surface area contributed by atoms with E-state index >= 15 is 0 Å². The van der Waals surface area contributed by atoms with Crippen molar-refractivity contribution < 1.29 is 14.3 Å². The summed E-state index contributed by atoms with van der Waals surface area (Å²) in [4.78, 5) is 26.6. The van der Waals surface area contributed by atoms with Crippen LogP contribution in [0.1, 0.15) is 39.5 Å². The summed E-state index contributed by atoms with van der Waals surface area (Å²) in [5.41, 5.74) is 5.67. The van der Waals surface area contributed by atoms with Gasteiger partial charge in [0.2, 0.25) is 0 Å². The maximum atomic E-state index is 13.2. The van der Waals surface area contributed by atoms with Gasteiger partial charge in [-0.2, -0.15) is 0 Å². The second-order valence-electron chi connectivity index (χ2n) is 7.59. The second kappa shape index (κ2) is 9.36. The fourth-order valence-corrected chi connectivity index (χ4v) is 4.24. The van der Waals surface area contributed by atoms with Crippen molar-refractivity contribution in [3.8, 4) is 0 Å². The quantitative estimate of drug-likeness (QED) is 0.469. The monoisotopic (exact) mass is 433 g/mol. The molecular formula is C26H24ClNO3. The van der Waals surface area contributed by atoms with E-state index in [1.54, 1.807) is 11.8 Å². The van der Waals surface area contributed by atoms with Gasteiger partial charge in [0.15, 0.2) is 0 Å². The number of anilines is 1. The lowest BCUT2D eigenvalue weighted by atomic mass is 9.97. The van der Waals surface area contributed by atoms with Gasteiger partial charge in [-0.3, -0.25) is 9.59 Å². The molecule has 3 aromatic rings. The van der Waals surface area contributed by atoms with Gasteiger partial charge < -0.3 is 9.64 Å². The zero-order valence-corrected chi connectivity index (χ0v) is 18.2. The van der Waals surface area contributed by atoms with Crippen LogP contribution in [0.15, 0.2) is 66.7 Å². The van der Waals surface area contributed by atoms with Crippen LogP contribution in [0.2, 0.25) is 5.02 Å². The van der Waals surface area contributed by atoms with Crippen LogP contribution in [-0.2, 0) is 35.3 Å². The lowest BCUT2D eigenvalue weighted by Gasteiger charge is -2.16. The predicted octanol–water partition coefficient (Wildman–Crippen LogP) is 5.39. The average molecular weight is 434 g/mol. The molecule has 0 saturated carbocycles. The number of hydrogen-bond donors (Lipinski definition) is 0. The summed E-state index contributed by atoms with van der Waals surface area (Å²) in [6.07, 6.45) is 1.98. The van der Waals surface area contributed by atoms with Gasteiger partial charge in [-0.15, -0.1) is 0 Å². The number of carbonyl (C=O) groups excluding carboxylic acids is 2. The number of hydrogen-bond acceptors (Lipinski definition) is 3. The zero-order chi connectivity index (χ0) is 21.8. The summed E-state index contributed by atoms with van der Waals surface area (Å²) in [6.45, 7) is 2.65. The highest BCUT2D eigenvalue weighted by Gasteiger charge is 2.32. The zero-order valence-electron chi connectivity index (χ0n) is 17.4. The van der Waals surface area contributed by atoms with E-state index in [-0.39, 0.29) is 18.3 Å². The van der Waals surface area contributed by atoms with Crippen molar-refractivity contribution in [2.45, 2.75) is 32.7 Å². The summed E-state index contributed by atoms with van der Waals surface area (Å²) in [6, 6.07) is 21.6. The summed E-state index contributed by atoms with van der Waals surface area (Å²) < 4.78 is 5.00. The Morgan fingerprint density at radius 1 is 0.968 bits per heavy atom. The van der Waals surface area contributed by atoms with Gasteiger partial charge in [0.05, 0.1) is 30.2 Å². The third kappa shape index (κ3) is 4.64. The van der Waals surface area contributed by atoms with Gasteiger partial charge in [0.25, 0.3) is 5.91 Å². The van der Waals surface area contributed by atoms with Gasteiger partial charge in [0, 0.05) is 5.69 Å². The molecule has 5 heteroatoms. The minimum absolute atomic E-state index is 0.0836. The summed E-state index contributed by atoms with van der Waals surface area (Å²) in [5.74, 6) is -0.338. The van der Waals surface area contributed by atoms with Crippen LogP contribution < -0.4 is 4.90 Å². The lowest BCUT2D eigenvalue weighted by Crippen LogP contribution is -2.23. The molecule has 1 aliphatic rings. The molecule has 0 fully saturated rings. The molecule has 3 aromatic carbocycles. The molecule has 1 heterocycles. The first-order valence-corrected chi connectivity index (χ1v) is 10.8. The number of amides is 1. The normalized spacial score (nSPS) is 12.7. The van der Waals surface area contributed by atoms with E-state index in [2.05, 4.69) is 12.1 Å². The van der Waals surface area contributed by atoms with Gasteiger partial charge in [-0.1, -0.05) is 60.1 Å². The van der Waals surface area contributed by atoms with Gasteiger partial charge in [0.1, 0.15) is 0 Å². The fraction of sp³-hybridized carbons (Fsp3) is 0.231. The molecule has 0 aromatic heterocycles. The Hall–Kier alpha value is -3.11. The van der Waals surface area contributed by atoms with Crippen molar-refractivity contribution >= 4 is 29.2 Å². The van der Waals surface area contributed by atoms with E-state index in [0.717, 1.165) is 35.2 Å². The van der Waals surface area contributed by atoms with Crippen LogP contribution in [0.3, 0.4) is 0 Å². The molecule has 0 bridgehead atoms. The van der Waals surface area contributed by atoms with Crippen LogP contribution in [0.4, 0.5) is 5.69 Å². The summed E-state index contributed by atoms with van der Waals surface area (Å²) in [7, 11) is 0. The predicted molar refractivity (Wildman–Crippen MR) is 123 cm³/mol. The smallest absolute Gasteiger partial charge is 0.310 e. The lowest BCUT2D eigenvalue weighted by molar-refractivity contribution is -0.142. The van der Waals surface area contributed by atoms with Crippen molar-refractivity contribution in [3.63, 3.8) is 0 Å². The third-order valence-electron chi connectivity index (χ3n) is 5.56. The first-order chi connectivity index (χ1) is 15.1. The van der Waals surface area contributed by atoms with Crippen molar-refractivity contribution in [2.75, 3.05) is 11.5 Å². The van der Waals surface area contributed by atoms with Crippen molar-refractivity contribution in [3.05, 3.63) is 99.6 Å². The van der Waals surface area contributed by atoms with Crippen LogP contribution in [0, 0.1) is 0 Å². The number of halogens is 1. The number of nitrogens with zero attached hydrogens (tertiary/aromatic N) is 1. The maximum absolute atomic E-state index is 13.2. The largest absolute Gasteiger partial charge is 0.466 e. The van der Waals surface area contributed by atoms with Crippen LogP contribution >= 0.6 is 11.6 Å². The highest BCUT2D eigenvalue weighted by molar-refractivity contribution is 6.35. The van der Waals surface area contributed by atoms with Crippen molar-refractivity contribution in [1.82, 2.24) is 0 Å². The number of fused-ring (bicyclic) bond motifs is 1. The molecule has 158 valence electrons. The van der Waals surface area contributed by atoms with Gasteiger partial charge in [-0.05, 0) is 60.2 Å². The molecule has 0 saturated heterocycles. The van der Waals surface area contributed by atoms with E-state index in [0.29, 0.717) is 23.7 Å². The fourth-order valence-electron chi connectivity index (χ4n) is 3.98. The number of rotatable bonds is 7. The molecule has 1 amide bonds. The standard InChI is InChI=1S/C26H24ClNO3/c1-2-31-24(29)16-19-9-13-21(14-10-19)28-17-22-20(11-8-18-6-4-3-5-7-18)12-15-23(27)25(22)26(28)30/h3-7,9-10,12-15H,2,8,11,16-17H2,1H3. The van der Waals surface area contributed by atoms with Crippen LogP contribution in [0.25, 0.3) is 0 Å². The number of ether oxygens (including phenoxy) is 1. The van der Waals surface area contributed by atoms with Gasteiger partial charge in [-0.25, -0.2) is 0 Å². The molecule has 0 N–H and O–H groups in total. The maximum Gasteiger partial charge on any atom is 0.310 e. The number of aryl methyl sites for hydroxylation is 2. The van der Waals surface area contributed by atoms with Crippen molar-refractivity contribution in [2.24, 2.45) is 0 Å². The minimum Gasteiger partial charge on any atom is -0.466 e. The Morgan fingerprint density at radius 2 is 1.71 bits per heavy atom. The van der Waals surface area contributed by atoms with Crippen LogP contribution in [0.5, 0.6) is 0 Å². The van der Waals surface area contributed by atoms with E-state index in [9.17, 15) is 9.59 Å². The highest BCUT2D eigenvalue weighted by atomic mass is 35.5. The molecule has 31 heavy (non-hydrogen) atoms.